The van der Waals surface area contributed by atoms with Crippen LogP contribution >= 0.6 is 11.6 Å². The molecule has 0 aliphatic heterocycles. The maximum absolute atomic E-state index is 12.4. The summed E-state index contributed by atoms with van der Waals surface area (Å²) in [5, 5.41) is 3.25. The molecule has 0 bridgehead atoms. The van der Waals surface area contributed by atoms with Gasteiger partial charge >= 0.3 is 0 Å². The third-order valence-electron chi connectivity index (χ3n) is 3.17. The quantitative estimate of drug-likeness (QED) is 0.821. The monoisotopic (exact) mass is 366 g/mol. The van der Waals surface area contributed by atoms with Crippen LogP contribution in [0.3, 0.4) is 0 Å². The van der Waals surface area contributed by atoms with E-state index in [-0.39, 0.29) is 10.8 Å². The lowest BCUT2D eigenvalue weighted by Crippen LogP contribution is -2.27. The number of hydrogen-bond donors (Lipinski definition) is 2. The largest absolute Gasteiger partial charge is 0.352 e. The second-order valence-corrected chi connectivity index (χ2v) is 7.86. The molecule has 0 radical (unpaired) electrons. The van der Waals surface area contributed by atoms with Crippen LogP contribution in [0.1, 0.15) is 24.2 Å². The van der Waals surface area contributed by atoms with Gasteiger partial charge < -0.3 is 5.32 Å². The molecule has 2 rings (SSSR count). The number of carbonyl (C=O) groups is 1. The Morgan fingerprint density at radius 1 is 1.12 bits per heavy atom. The number of sulfonamides is 1. The van der Waals surface area contributed by atoms with Crippen LogP contribution in [-0.4, -0.2) is 20.9 Å². The highest BCUT2D eigenvalue weighted by molar-refractivity contribution is 7.92. The fourth-order valence-corrected chi connectivity index (χ4v) is 3.13. The topological polar surface area (TPSA) is 75.3 Å². The van der Waals surface area contributed by atoms with E-state index >= 15 is 0 Å². The molecule has 5 nitrogen and oxygen atoms in total. The number of rotatable bonds is 6. The van der Waals surface area contributed by atoms with E-state index in [1.54, 1.807) is 18.2 Å². The van der Waals surface area contributed by atoms with Gasteiger partial charge in [-0.25, -0.2) is 8.42 Å². The predicted molar refractivity (Wildman–Crippen MR) is 95.9 cm³/mol. The molecule has 0 atom stereocenters. The molecule has 0 spiro atoms. The molecule has 7 heteroatoms. The van der Waals surface area contributed by atoms with E-state index in [2.05, 4.69) is 10.0 Å². The Bertz CT molecular complexity index is 818. The number of hydrogen-bond acceptors (Lipinski definition) is 3. The molecule has 0 aromatic heterocycles. The van der Waals surface area contributed by atoms with Crippen LogP contribution in [0, 0.1) is 5.92 Å². The molecule has 0 aliphatic carbocycles. The highest BCUT2D eigenvalue weighted by Gasteiger charge is 2.15. The lowest BCUT2D eigenvalue weighted by atomic mass is 10.1. The maximum atomic E-state index is 12.4. The molecule has 0 fully saturated rings. The van der Waals surface area contributed by atoms with Gasteiger partial charge in [0.1, 0.15) is 0 Å². The summed E-state index contributed by atoms with van der Waals surface area (Å²) in [4.78, 5) is 12.2. The Morgan fingerprint density at radius 2 is 1.79 bits per heavy atom. The van der Waals surface area contributed by atoms with Crippen molar-refractivity contribution in [1.82, 2.24) is 5.32 Å². The second-order valence-electron chi connectivity index (χ2n) is 5.74. The van der Waals surface area contributed by atoms with Gasteiger partial charge in [0.25, 0.3) is 15.9 Å². The minimum absolute atomic E-state index is 0.0987. The van der Waals surface area contributed by atoms with E-state index in [0.717, 1.165) is 0 Å². The minimum atomic E-state index is -3.74. The molecule has 0 saturated carbocycles. The highest BCUT2D eigenvalue weighted by atomic mass is 35.5. The number of nitrogens with one attached hydrogen (secondary N) is 2. The van der Waals surface area contributed by atoms with E-state index in [1.165, 1.54) is 30.3 Å². The number of carbonyl (C=O) groups excluding carboxylic acids is 1. The van der Waals surface area contributed by atoms with Crippen molar-refractivity contribution >= 4 is 33.2 Å². The molecular weight excluding hydrogens is 348 g/mol. The minimum Gasteiger partial charge on any atom is -0.352 e. The molecule has 0 aliphatic rings. The molecule has 2 N–H and O–H groups in total. The summed E-state index contributed by atoms with van der Waals surface area (Å²) < 4.78 is 27.2. The molecule has 2 aromatic carbocycles. The van der Waals surface area contributed by atoms with E-state index in [1.807, 2.05) is 13.8 Å². The first-order valence-electron chi connectivity index (χ1n) is 7.44. The first-order chi connectivity index (χ1) is 11.3. The van der Waals surface area contributed by atoms with Crippen molar-refractivity contribution in [2.45, 2.75) is 18.7 Å². The van der Waals surface area contributed by atoms with Crippen LogP contribution in [0.25, 0.3) is 0 Å². The summed E-state index contributed by atoms with van der Waals surface area (Å²) >= 11 is 5.77. The third-order valence-corrected chi connectivity index (χ3v) is 4.82. The molecule has 24 heavy (non-hydrogen) atoms. The second kappa shape index (κ2) is 7.68. The fourth-order valence-electron chi connectivity index (χ4n) is 1.95. The SMILES string of the molecule is CC(C)CNC(=O)c1cccc(NS(=O)(=O)c2ccc(Cl)cc2)c1. The summed E-state index contributed by atoms with van der Waals surface area (Å²) in [6.07, 6.45) is 0. The third kappa shape index (κ3) is 4.97. The molecule has 1 amide bonds. The number of benzene rings is 2. The van der Waals surface area contributed by atoms with Gasteiger partial charge in [-0.1, -0.05) is 31.5 Å². The zero-order valence-corrected chi connectivity index (χ0v) is 15.0. The van der Waals surface area contributed by atoms with Gasteiger partial charge in [-0.05, 0) is 48.4 Å². The van der Waals surface area contributed by atoms with Crippen molar-refractivity contribution < 1.29 is 13.2 Å². The Labute approximate surface area is 147 Å². The van der Waals surface area contributed by atoms with Crippen molar-refractivity contribution in [3.05, 3.63) is 59.1 Å². The summed E-state index contributed by atoms with van der Waals surface area (Å²) in [6, 6.07) is 12.2. The average Bonchev–Trinajstić information content (AvgIpc) is 2.52. The van der Waals surface area contributed by atoms with Crippen LogP contribution in [0.2, 0.25) is 5.02 Å². The maximum Gasteiger partial charge on any atom is 0.261 e. The molecule has 0 heterocycles. The van der Waals surface area contributed by atoms with Gasteiger partial charge in [0.05, 0.1) is 4.90 Å². The first kappa shape index (κ1) is 18.3. The van der Waals surface area contributed by atoms with Crippen molar-refractivity contribution in [2.75, 3.05) is 11.3 Å². The smallest absolute Gasteiger partial charge is 0.261 e. The van der Waals surface area contributed by atoms with Gasteiger partial charge in [-0.15, -0.1) is 0 Å². The van der Waals surface area contributed by atoms with Crippen LogP contribution in [-0.2, 0) is 10.0 Å². The summed E-state index contributed by atoms with van der Waals surface area (Å²) in [5.41, 5.74) is 0.717. The Morgan fingerprint density at radius 3 is 2.42 bits per heavy atom. The molecule has 0 saturated heterocycles. The zero-order chi connectivity index (χ0) is 17.7. The average molecular weight is 367 g/mol. The van der Waals surface area contributed by atoms with Crippen LogP contribution in [0.5, 0.6) is 0 Å². The molecular formula is C17H19ClN2O3S. The van der Waals surface area contributed by atoms with E-state index in [0.29, 0.717) is 28.7 Å². The highest BCUT2D eigenvalue weighted by Crippen LogP contribution is 2.19. The fraction of sp³-hybridized carbons (Fsp3) is 0.235. The van der Waals surface area contributed by atoms with Gasteiger partial charge in [-0.2, -0.15) is 0 Å². The number of halogens is 1. The van der Waals surface area contributed by atoms with Crippen LogP contribution in [0.15, 0.2) is 53.4 Å². The Balaban J connectivity index is 2.16. The number of anilines is 1. The van der Waals surface area contributed by atoms with Gasteiger partial charge in [0.15, 0.2) is 0 Å². The van der Waals surface area contributed by atoms with Gasteiger partial charge in [0.2, 0.25) is 0 Å². The van der Waals surface area contributed by atoms with Gasteiger partial charge in [0, 0.05) is 22.8 Å². The summed E-state index contributed by atoms with van der Waals surface area (Å²) in [6.45, 7) is 4.55. The lowest BCUT2D eigenvalue weighted by Gasteiger charge is -2.11. The van der Waals surface area contributed by atoms with Crippen molar-refractivity contribution in [3.8, 4) is 0 Å². The molecule has 2 aromatic rings. The van der Waals surface area contributed by atoms with E-state index in [9.17, 15) is 13.2 Å². The standard InChI is InChI=1S/C17H19ClN2O3S/c1-12(2)11-19-17(21)13-4-3-5-15(10-13)20-24(22,23)16-8-6-14(18)7-9-16/h3-10,12,20H,11H2,1-2H3,(H,19,21). The Hall–Kier alpha value is -2.05. The summed E-state index contributed by atoms with van der Waals surface area (Å²) in [5.74, 6) is 0.0942. The predicted octanol–water partition coefficient (Wildman–Crippen LogP) is 3.53. The molecule has 0 unspecified atom stereocenters. The number of amides is 1. The van der Waals surface area contributed by atoms with E-state index in [4.69, 9.17) is 11.6 Å². The van der Waals surface area contributed by atoms with Crippen molar-refractivity contribution in [1.29, 1.82) is 0 Å². The van der Waals surface area contributed by atoms with Gasteiger partial charge in [-0.3, -0.25) is 9.52 Å². The first-order valence-corrected chi connectivity index (χ1v) is 9.31. The van der Waals surface area contributed by atoms with Crippen LogP contribution in [0.4, 0.5) is 5.69 Å². The Kier molecular flexibility index (Phi) is 5.85. The lowest BCUT2D eigenvalue weighted by molar-refractivity contribution is 0.0949. The van der Waals surface area contributed by atoms with Crippen molar-refractivity contribution in [2.24, 2.45) is 5.92 Å². The van der Waals surface area contributed by atoms with Crippen LogP contribution < -0.4 is 10.0 Å². The summed E-state index contributed by atoms with van der Waals surface area (Å²) in [7, 11) is -3.74. The zero-order valence-electron chi connectivity index (χ0n) is 13.4. The molecule has 128 valence electrons. The van der Waals surface area contributed by atoms with Crippen molar-refractivity contribution in [3.63, 3.8) is 0 Å². The normalized spacial score (nSPS) is 11.3. The van der Waals surface area contributed by atoms with E-state index < -0.39 is 10.0 Å².